The molecule has 2 heterocycles. The van der Waals surface area contributed by atoms with E-state index in [4.69, 9.17) is 5.10 Å². The van der Waals surface area contributed by atoms with E-state index in [0.29, 0.717) is 0 Å². The van der Waals surface area contributed by atoms with Gasteiger partial charge >= 0.3 is 0 Å². The van der Waals surface area contributed by atoms with Gasteiger partial charge in [-0.1, -0.05) is 6.08 Å². The lowest BCUT2D eigenvalue weighted by Crippen LogP contribution is -2.11. The fraction of sp³-hybridized carbons (Fsp3) is 0.357. The molecule has 2 aromatic rings. The maximum absolute atomic E-state index is 4.70. The Balaban J connectivity index is 2.13. The minimum absolute atomic E-state index is 0.886. The van der Waals surface area contributed by atoms with Crippen molar-refractivity contribution in [1.29, 1.82) is 0 Å². The number of nitrogens with zero attached hydrogens (tertiary/aromatic N) is 5. The molecule has 0 fully saturated rings. The van der Waals surface area contributed by atoms with Crippen LogP contribution < -0.4 is 0 Å². The van der Waals surface area contributed by atoms with E-state index in [1.807, 2.05) is 36.7 Å². The van der Waals surface area contributed by atoms with Gasteiger partial charge in [-0.2, -0.15) is 10.2 Å². The number of fused-ring (bicyclic) bond motifs is 3. The third kappa shape index (κ3) is 1.82. The zero-order valence-electron chi connectivity index (χ0n) is 11.3. The van der Waals surface area contributed by atoms with Gasteiger partial charge in [0.1, 0.15) is 5.69 Å². The van der Waals surface area contributed by atoms with Crippen molar-refractivity contribution in [2.24, 2.45) is 5.10 Å². The van der Waals surface area contributed by atoms with Crippen LogP contribution in [0.3, 0.4) is 0 Å². The summed E-state index contributed by atoms with van der Waals surface area (Å²) in [6.45, 7) is 5.53. The van der Waals surface area contributed by atoms with Crippen molar-refractivity contribution >= 4 is 18.1 Å². The first-order chi connectivity index (χ1) is 9.24. The van der Waals surface area contributed by atoms with Gasteiger partial charge in [0.05, 0.1) is 17.1 Å². The van der Waals surface area contributed by atoms with Gasteiger partial charge in [0.25, 0.3) is 0 Å². The average Bonchev–Trinajstić information content (AvgIpc) is 3.00. The first kappa shape index (κ1) is 11.9. The fourth-order valence-corrected chi connectivity index (χ4v) is 2.61. The van der Waals surface area contributed by atoms with Gasteiger partial charge in [-0.05, 0) is 38.3 Å². The van der Waals surface area contributed by atoms with E-state index in [1.165, 1.54) is 17.8 Å². The van der Waals surface area contributed by atoms with Gasteiger partial charge in [-0.25, -0.2) is 9.50 Å². The number of hydrogen-bond donors (Lipinski definition) is 0. The molecule has 0 saturated carbocycles. The first-order valence-corrected chi connectivity index (χ1v) is 6.49. The largest absolute Gasteiger partial charge is 0.267 e. The standard InChI is InChI=1S/C14H17N5/c1-4-12(18(3)15-2)11-8-9-14-16-10-6-5-7-13(10)19(14)17-11/h4,8-9H,2,5-7H2,1,3H3/b12-4-. The molecule has 0 unspecified atom stereocenters. The Hall–Kier alpha value is -2.17. The summed E-state index contributed by atoms with van der Waals surface area (Å²) >= 11 is 0. The number of imidazole rings is 1. The van der Waals surface area contributed by atoms with E-state index in [9.17, 15) is 0 Å². The zero-order chi connectivity index (χ0) is 13.4. The molecule has 0 spiro atoms. The topological polar surface area (TPSA) is 45.8 Å². The van der Waals surface area contributed by atoms with Crippen molar-refractivity contribution in [1.82, 2.24) is 19.6 Å². The van der Waals surface area contributed by atoms with Gasteiger partial charge in [0, 0.05) is 13.8 Å². The molecule has 0 radical (unpaired) electrons. The van der Waals surface area contributed by atoms with Crippen LogP contribution in [0.1, 0.15) is 30.4 Å². The molecular formula is C14H17N5. The quantitative estimate of drug-likeness (QED) is 0.623. The lowest BCUT2D eigenvalue weighted by molar-refractivity contribution is 0.517. The van der Waals surface area contributed by atoms with Crippen LogP contribution in [0.25, 0.3) is 11.3 Å². The molecule has 0 amide bonds. The molecule has 0 bridgehead atoms. The smallest absolute Gasteiger partial charge is 0.154 e. The van der Waals surface area contributed by atoms with Crippen LogP contribution in [-0.4, -0.2) is 33.4 Å². The highest BCUT2D eigenvalue weighted by Crippen LogP contribution is 2.23. The van der Waals surface area contributed by atoms with Gasteiger partial charge in [-0.15, -0.1) is 0 Å². The number of allylic oxidation sites excluding steroid dienone is 1. The van der Waals surface area contributed by atoms with E-state index in [-0.39, 0.29) is 0 Å². The predicted molar refractivity (Wildman–Crippen MR) is 76.0 cm³/mol. The highest BCUT2D eigenvalue weighted by Gasteiger charge is 2.19. The maximum Gasteiger partial charge on any atom is 0.154 e. The van der Waals surface area contributed by atoms with Crippen molar-refractivity contribution in [3.05, 3.63) is 35.3 Å². The highest BCUT2D eigenvalue weighted by atomic mass is 15.4. The summed E-state index contributed by atoms with van der Waals surface area (Å²) < 4.78 is 1.97. The molecule has 1 aliphatic rings. The van der Waals surface area contributed by atoms with Gasteiger partial charge < -0.3 is 0 Å². The number of aryl methyl sites for hydroxylation is 2. The lowest BCUT2D eigenvalue weighted by Gasteiger charge is -2.15. The fourth-order valence-electron chi connectivity index (χ4n) is 2.61. The van der Waals surface area contributed by atoms with Gasteiger partial charge in [0.15, 0.2) is 5.65 Å². The molecule has 1 aliphatic carbocycles. The summed E-state index contributed by atoms with van der Waals surface area (Å²) in [5.74, 6) is 0. The number of rotatable bonds is 3. The molecule has 19 heavy (non-hydrogen) atoms. The SMILES string of the molecule is C=NN(C)/C(=C\C)c1ccc2nc3c(n2n1)CCC3. The maximum atomic E-state index is 4.70. The van der Waals surface area contributed by atoms with Crippen molar-refractivity contribution in [2.75, 3.05) is 7.05 Å². The summed E-state index contributed by atoms with van der Waals surface area (Å²) in [6, 6.07) is 4.00. The summed E-state index contributed by atoms with van der Waals surface area (Å²) in [5, 5.41) is 10.4. The molecule has 98 valence electrons. The van der Waals surface area contributed by atoms with Crippen LogP contribution in [0.15, 0.2) is 23.3 Å². The molecule has 5 heteroatoms. The molecule has 0 aliphatic heterocycles. The second-order valence-electron chi connectivity index (χ2n) is 4.69. The Morgan fingerprint density at radius 2 is 2.32 bits per heavy atom. The minimum Gasteiger partial charge on any atom is -0.267 e. The molecule has 2 aromatic heterocycles. The molecule has 0 N–H and O–H groups in total. The van der Waals surface area contributed by atoms with Crippen LogP contribution >= 0.6 is 0 Å². The van der Waals surface area contributed by atoms with Crippen LogP contribution in [0, 0.1) is 0 Å². The minimum atomic E-state index is 0.886. The second-order valence-corrected chi connectivity index (χ2v) is 4.69. The van der Waals surface area contributed by atoms with Crippen LogP contribution in [0.5, 0.6) is 0 Å². The van der Waals surface area contributed by atoms with Crippen LogP contribution in [-0.2, 0) is 12.8 Å². The summed E-state index contributed by atoms with van der Waals surface area (Å²) in [4.78, 5) is 4.62. The molecule has 5 nitrogen and oxygen atoms in total. The van der Waals surface area contributed by atoms with Crippen molar-refractivity contribution in [3.8, 4) is 0 Å². The van der Waals surface area contributed by atoms with Crippen molar-refractivity contribution in [2.45, 2.75) is 26.2 Å². The normalized spacial score (nSPS) is 14.7. The van der Waals surface area contributed by atoms with Crippen LogP contribution in [0.4, 0.5) is 0 Å². The average molecular weight is 255 g/mol. The van der Waals surface area contributed by atoms with Crippen molar-refractivity contribution in [3.63, 3.8) is 0 Å². The number of hydrogen-bond acceptors (Lipinski definition) is 4. The Labute approximate surface area is 112 Å². The van der Waals surface area contributed by atoms with Gasteiger partial charge in [-0.3, -0.25) is 5.01 Å². The van der Waals surface area contributed by atoms with E-state index in [1.54, 1.807) is 5.01 Å². The molecule has 0 atom stereocenters. The molecule has 0 saturated heterocycles. The summed E-state index contributed by atoms with van der Waals surface area (Å²) in [5.41, 5.74) is 5.20. The van der Waals surface area contributed by atoms with E-state index >= 15 is 0 Å². The first-order valence-electron chi connectivity index (χ1n) is 6.49. The summed E-state index contributed by atoms with van der Waals surface area (Å²) in [6.07, 6.45) is 5.30. The lowest BCUT2D eigenvalue weighted by atomic mass is 10.2. The highest BCUT2D eigenvalue weighted by molar-refractivity contribution is 5.61. The van der Waals surface area contributed by atoms with Crippen molar-refractivity contribution < 1.29 is 0 Å². The molecule has 3 rings (SSSR count). The van der Waals surface area contributed by atoms with Gasteiger partial charge in [0.2, 0.25) is 0 Å². The monoisotopic (exact) mass is 255 g/mol. The zero-order valence-corrected chi connectivity index (χ0v) is 11.3. The second kappa shape index (κ2) is 4.50. The Morgan fingerprint density at radius 3 is 3.05 bits per heavy atom. The molecule has 0 aromatic carbocycles. The van der Waals surface area contributed by atoms with E-state index in [0.717, 1.165) is 29.9 Å². The number of aromatic nitrogens is 3. The van der Waals surface area contributed by atoms with Crippen LogP contribution in [0.2, 0.25) is 0 Å². The van der Waals surface area contributed by atoms with E-state index < -0.39 is 0 Å². The Bertz CT molecular complexity index is 668. The predicted octanol–water partition coefficient (Wildman–Crippen LogP) is 2.13. The summed E-state index contributed by atoms with van der Waals surface area (Å²) in [7, 11) is 1.87. The Kier molecular flexibility index (Phi) is 2.81. The third-order valence-corrected chi connectivity index (χ3v) is 3.58. The molecular weight excluding hydrogens is 238 g/mol. The third-order valence-electron chi connectivity index (χ3n) is 3.58. The number of hydrazone groups is 1. The van der Waals surface area contributed by atoms with E-state index in [2.05, 4.69) is 16.8 Å². The Morgan fingerprint density at radius 1 is 1.47 bits per heavy atom.